The van der Waals surface area contributed by atoms with Gasteiger partial charge in [-0.05, 0) is 12.5 Å². The Hall–Kier alpha value is -1.16. The highest BCUT2D eigenvalue weighted by Gasteiger charge is 2.11. The molecule has 0 aromatic carbocycles. The van der Waals surface area contributed by atoms with Crippen molar-refractivity contribution in [1.82, 2.24) is 10.2 Å². The third-order valence-corrected chi connectivity index (χ3v) is 1.74. The standard InChI is InChI=1S/C8H9ClN2O2/c1-2-3-6-5(8(12)13)4-7(9)11-10-6/h4H,2-3H2,1H3,(H,12,13). The molecule has 5 heteroatoms. The molecule has 1 aromatic rings. The van der Waals surface area contributed by atoms with Crippen LogP contribution in [0.15, 0.2) is 6.07 Å². The first-order valence-corrected chi connectivity index (χ1v) is 4.28. The number of carboxylic acid groups (broad SMARTS) is 1. The van der Waals surface area contributed by atoms with E-state index in [9.17, 15) is 4.79 Å². The Balaban J connectivity index is 3.10. The molecule has 1 N–H and O–H groups in total. The smallest absolute Gasteiger partial charge is 0.337 e. The van der Waals surface area contributed by atoms with Crippen molar-refractivity contribution in [3.05, 3.63) is 22.5 Å². The molecule has 4 nitrogen and oxygen atoms in total. The van der Waals surface area contributed by atoms with Crippen LogP contribution in [0.1, 0.15) is 29.4 Å². The highest BCUT2D eigenvalue weighted by atomic mass is 35.5. The van der Waals surface area contributed by atoms with Gasteiger partial charge in [0.15, 0.2) is 5.15 Å². The monoisotopic (exact) mass is 200 g/mol. The van der Waals surface area contributed by atoms with Gasteiger partial charge in [-0.15, -0.1) is 5.10 Å². The zero-order chi connectivity index (χ0) is 9.84. The van der Waals surface area contributed by atoms with Gasteiger partial charge < -0.3 is 5.11 Å². The number of aryl methyl sites for hydroxylation is 1. The van der Waals surface area contributed by atoms with Crippen LogP contribution in [0.4, 0.5) is 0 Å². The summed E-state index contributed by atoms with van der Waals surface area (Å²) in [6.07, 6.45) is 1.43. The summed E-state index contributed by atoms with van der Waals surface area (Å²) in [6.45, 7) is 1.95. The van der Waals surface area contributed by atoms with Crippen molar-refractivity contribution in [2.24, 2.45) is 0 Å². The van der Waals surface area contributed by atoms with Gasteiger partial charge in [0, 0.05) is 0 Å². The molecule has 0 saturated heterocycles. The van der Waals surface area contributed by atoms with E-state index in [1.54, 1.807) is 0 Å². The van der Waals surface area contributed by atoms with Crippen molar-refractivity contribution in [3.8, 4) is 0 Å². The molecule has 1 heterocycles. The first-order valence-electron chi connectivity index (χ1n) is 3.90. The highest BCUT2D eigenvalue weighted by molar-refractivity contribution is 6.29. The van der Waals surface area contributed by atoms with Gasteiger partial charge in [0.1, 0.15) is 0 Å². The van der Waals surface area contributed by atoms with Crippen LogP contribution < -0.4 is 0 Å². The van der Waals surface area contributed by atoms with Crippen molar-refractivity contribution < 1.29 is 9.90 Å². The van der Waals surface area contributed by atoms with Gasteiger partial charge in [-0.3, -0.25) is 0 Å². The molecule has 0 saturated carbocycles. The van der Waals surface area contributed by atoms with Crippen molar-refractivity contribution >= 4 is 17.6 Å². The normalized spacial score (nSPS) is 10.0. The fourth-order valence-corrected chi connectivity index (χ4v) is 1.15. The summed E-state index contributed by atoms with van der Waals surface area (Å²) < 4.78 is 0. The molecule has 0 aliphatic rings. The van der Waals surface area contributed by atoms with Gasteiger partial charge >= 0.3 is 5.97 Å². The summed E-state index contributed by atoms with van der Waals surface area (Å²) in [7, 11) is 0. The maximum atomic E-state index is 10.7. The molecule has 0 bridgehead atoms. The summed E-state index contributed by atoms with van der Waals surface area (Å²) in [5.74, 6) is -1.01. The van der Waals surface area contributed by atoms with Crippen LogP contribution in [0.2, 0.25) is 5.15 Å². The molecule has 0 amide bonds. The third-order valence-electron chi connectivity index (χ3n) is 1.56. The van der Waals surface area contributed by atoms with Gasteiger partial charge in [-0.25, -0.2) is 4.79 Å². The van der Waals surface area contributed by atoms with Gasteiger partial charge in [0.2, 0.25) is 0 Å². The number of halogens is 1. The van der Waals surface area contributed by atoms with Crippen LogP contribution in [0.5, 0.6) is 0 Å². The minimum atomic E-state index is -1.01. The lowest BCUT2D eigenvalue weighted by atomic mass is 10.1. The minimum absolute atomic E-state index is 0.109. The van der Waals surface area contributed by atoms with E-state index in [-0.39, 0.29) is 10.7 Å². The van der Waals surface area contributed by atoms with Crippen LogP contribution >= 0.6 is 11.6 Å². The molecule has 0 radical (unpaired) electrons. The zero-order valence-corrected chi connectivity index (χ0v) is 7.88. The van der Waals surface area contributed by atoms with Gasteiger partial charge in [-0.1, -0.05) is 24.9 Å². The predicted molar refractivity (Wildman–Crippen MR) is 48.0 cm³/mol. The quantitative estimate of drug-likeness (QED) is 0.808. The number of nitrogens with zero attached hydrogens (tertiary/aromatic N) is 2. The molecule has 1 rings (SSSR count). The van der Waals surface area contributed by atoms with Crippen LogP contribution in [-0.2, 0) is 6.42 Å². The van der Waals surface area contributed by atoms with Crippen LogP contribution in [0.3, 0.4) is 0 Å². The van der Waals surface area contributed by atoms with E-state index in [0.29, 0.717) is 12.1 Å². The molecule has 13 heavy (non-hydrogen) atoms. The lowest BCUT2D eigenvalue weighted by Gasteiger charge is -2.01. The van der Waals surface area contributed by atoms with E-state index < -0.39 is 5.97 Å². The molecule has 0 unspecified atom stereocenters. The van der Waals surface area contributed by atoms with Crippen molar-refractivity contribution in [1.29, 1.82) is 0 Å². The first kappa shape index (κ1) is 9.92. The van der Waals surface area contributed by atoms with E-state index in [2.05, 4.69) is 10.2 Å². The Morgan fingerprint density at radius 2 is 2.31 bits per heavy atom. The summed E-state index contributed by atoms with van der Waals surface area (Å²) in [5.41, 5.74) is 0.626. The van der Waals surface area contributed by atoms with Crippen LogP contribution in [-0.4, -0.2) is 21.3 Å². The van der Waals surface area contributed by atoms with E-state index in [4.69, 9.17) is 16.7 Å². The number of aromatic nitrogens is 2. The van der Waals surface area contributed by atoms with E-state index in [1.165, 1.54) is 6.07 Å². The molecule has 0 aliphatic carbocycles. The number of hydrogen-bond donors (Lipinski definition) is 1. The average Bonchev–Trinajstić information content (AvgIpc) is 2.08. The number of rotatable bonds is 3. The van der Waals surface area contributed by atoms with Crippen LogP contribution in [0.25, 0.3) is 0 Å². The Morgan fingerprint density at radius 1 is 1.62 bits per heavy atom. The second-order valence-electron chi connectivity index (χ2n) is 2.58. The molecule has 0 spiro atoms. The highest BCUT2D eigenvalue weighted by Crippen LogP contribution is 2.12. The fourth-order valence-electron chi connectivity index (χ4n) is 1.000. The van der Waals surface area contributed by atoms with Crippen molar-refractivity contribution in [2.75, 3.05) is 0 Å². The van der Waals surface area contributed by atoms with E-state index >= 15 is 0 Å². The molecule has 70 valence electrons. The summed E-state index contributed by atoms with van der Waals surface area (Å²) in [4.78, 5) is 10.7. The zero-order valence-electron chi connectivity index (χ0n) is 7.12. The summed E-state index contributed by atoms with van der Waals surface area (Å²) in [6, 6.07) is 1.32. The lowest BCUT2D eigenvalue weighted by Crippen LogP contribution is -2.06. The summed E-state index contributed by atoms with van der Waals surface area (Å²) >= 11 is 5.52. The molecule has 0 fully saturated rings. The van der Waals surface area contributed by atoms with E-state index in [0.717, 1.165) is 6.42 Å². The minimum Gasteiger partial charge on any atom is -0.478 e. The van der Waals surface area contributed by atoms with Gasteiger partial charge in [0.25, 0.3) is 0 Å². The molecular weight excluding hydrogens is 192 g/mol. The molecule has 0 aliphatic heterocycles. The number of hydrogen-bond acceptors (Lipinski definition) is 3. The van der Waals surface area contributed by atoms with Gasteiger partial charge in [-0.2, -0.15) is 5.10 Å². The third kappa shape index (κ3) is 2.39. The maximum absolute atomic E-state index is 10.7. The number of aromatic carboxylic acids is 1. The topological polar surface area (TPSA) is 63.1 Å². The summed E-state index contributed by atoms with van der Waals surface area (Å²) in [5, 5.41) is 16.2. The Bertz CT molecular complexity index is 328. The molecule has 0 atom stereocenters. The second kappa shape index (κ2) is 4.18. The Labute approximate surface area is 80.6 Å². The number of carboxylic acids is 1. The Morgan fingerprint density at radius 3 is 2.85 bits per heavy atom. The predicted octanol–water partition coefficient (Wildman–Crippen LogP) is 1.78. The molecule has 1 aromatic heterocycles. The number of carbonyl (C=O) groups is 1. The van der Waals surface area contributed by atoms with Gasteiger partial charge in [0.05, 0.1) is 11.3 Å². The SMILES string of the molecule is CCCc1nnc(Cl)cc1C(=O)O. The van der Waals surface area contributed by atoms with Crippen molar-refractivity contribution in [2.45, 2.75) is 19.8 Å². The maximum Gasteiger partial charge on any atom is 0.337 e. The Kier molecular flexibility index (Phi) is 3.19. The van der Waals surface area contributed by atoms with Crippen LogP contribution in [0, 0.1) is 0 Å². The second-order valence-corrected chi connectivity index (χ2v) is 2.97. The lowest BCUT2D eigenvalue weighted by molar-refractivity contribution is 0.0695. The molecular formula is C8H9ClN2O2. The van der Waals surface area contributed by atoms with Crippen molar-refractivity contribution in [3.63, 3.8) is 0 Å². The first-order chi connectivity index (χ1) is 6.15. The fraction of sp³-hybridized carbons (Fsp3) is 0.375. The average molecular weight is 201 g/mol. The largest absolute Gasteiger partial charge is 0.478 e. The van der Waals surface area contributed by atoms with E-state index in [1.807, 2.05) is 6.92 Å².